The molecule has 4 rings (SSSR count). The Labute approximate surface area is 145 Å². The second-order valence-electron chi connectivity index (χ2n) is 6.25. The molecule has 2 aromatic carbocycles. The van der Waals surface area contributed by atoms with Gasteiger partial charge in [0.15, 0.2) is 0 Å². The summed E-state index contributed by atoms with van der Waals surface area (Å²) < 4.78 is 0. The van der Waals surface area contributed by atoms with Crippen LogP contribution < -0.4 is 10.2 Å². The molecule has 0 aliphatic carbocycles. The van der Waals surface area contributed by atoms with Crippen LogP contribution in [0.15, 0.2) is 54.7 Å². The van der Waals surface area contributed by atoms with E-state index in [1.165, 1.54) is 0 Å². The summed E-state index contributed by atoms with van der Waals surface area (Å²) in [6, 6.07) is 15.1. The highest BCUT2D eigenvalue weighted by atomic mass is 16.4. The Morgan fingerprint density at radius 2 is 1.80 bits per heavy atom. The number of fused-ring (bicyclic) bond motifs is 1. The van der Waals surface area contributed by atoms with Gasteiger partial charge in [-0.25, -0.2) is 9.78 Å². The first-order valence-electron chi connectivity index (χ1n) is 8.45. The number of anilines is 3. The lowest BCUT2D eigenvalue weighted by Gasteiger charge is -2.20. The fraction of sp³-hybridized carbons (Fsp3) is 0.200. The molecule has 5 nitrogen and oxygen atoms in total. The molecule has 0 bridgehead atoms. The summed E-state index contributed by atoms with van der Waals surface area (Å²) in [5.41, 5.74) is 2.13. The first-order chi connectivity index (χ1) is 12.2. The van der Waals surface area contributed by atoms with E-state index >= 15 is 0 Å². The zero-order valence-corrected chi connectivity index (χ0v) is 13.8. The average molecular weight is 333 g/mol. The molecule has 0 atom stereocenters. The van der Waals surface area contributed by atoms with E-state index in [0.29, 0.717) is 0 Å². The van der Waals surface area contributed by atoms with Crippen molar-refractivity contribution in [2.45, 2.75) is 12.8 Å². The highest BCUT2D eigenvalue weighted by molar-refractivity contribution is 6.04. The van der Waals surface area contributed by atoms with Crippen molar-refractivity contribution in [1.29, 1.82) is 0 Å². The summed E-state index contributed by atoms with van der Waals surface area (Å²) in [5.74, 6) is -0.0510. The quantitative estimate of drug-likeness (QED) is 0.746. The minimum Gasteiger partial charge on any atom is -0.478 e. The van der Waals surface area contributed by atoms with Gasteiger partial charge in [-0.3, -0.25) is 0 Å². The van der Waals surface area contributed by atoms with Crippen LogP contribution in [0, 0.1) is 0 Å². The zero-order valence-electron chi connectivity index (χ0n) is 13.8. The smallest absolute Gasteiger partial charge is 0.335 e. The Morgan fingerprint density at radius 1 is 1.04 bits per heavy atom. The Balaban J connectivity index is 1.85. The fourth-order valence-corrected chi connectivity index (χ4v) is 3.32. The molecule has 0 amide bonds. The van der Waals surface area contributed by atoms with Gasteiger partial charge in [0.1, 0.15) is 5.82 Å². The summed E-state index contributed by atoms with van der Waals surface area (Å²) in [4.78, 5) is 18.3. The van der Waals surface area contributed by atoms with E-state index in [4.69, 9.17) is 0 Å². The van der Waals surface area contributed by atoms with E-state index in [-0.39, 0.29) is 5.56 Å². The molecule has 1 saturated heterocycles. The highest BCUT2D eigenvalue weighted by Gasteiger charge is 2.19. The molecule has 0 saturated carbocycles. The van der Waals surface area contributed by atoms with Crippen molar-refractivity contribution in [2.75, 3.05) is 23.3 Å². The lowest BCUT2D eigenvalue weighted by atomic mass is 10.1. The van der Waals surface area contributed by atoms with Crippen molar-refractivity contribution in [1.82, 2.24) is 4.98 Å². The molecule has 1 aliphatic heterocycles. The lowest BCUT2D eigenvalue weighted by molar-refractivity contribution is 0.0697. The normalized spacial score (nSPS) is 14.0. The van der Waals surface area contributed by atoms with Gasteiger partial charge >= 0.3 is 5.97 Å². The molecule has 1 aliphatic rings. The van der Waals surface area contributed by atoms with Crippen molar-refractivity contribution >= 4 is 33.9 Å². The maximum Gasteiger partial charge on any atom is 0.335 e. The summed E-state index contributed by atoms with van der Waals surface area (Å²) in [5, 5.41) is 14.6. The molecule has 126 valence electrons. The van der Waals surface area contributed by atoms with E-state index < -0.39 is 5.97 Å². The Morgan fingerprint density at radius 3 is 2.52 bits per heavy atom. The van der Waals surface area contributed by atoms with E-state index in [1.807, 2.05) is 42.6 Å². The van der Waals surface area contributed by atoms with Crippen molar-refractivity contribution in [3.05, 3.63) is 60.3 Å². The molecule has 3 aromatic rings. The Hall–Kier alpha value is -3.08. The second-order valence-corrected chi connectivity index (χ2v) is 6.25. The van der Waals surface area contributed by atoms with Crippen molar-refractivity contribution < 1.29 is 9.90 Å². The summed E-state index contributed by atoms with van der Waals surface area (Å²) in [7, 11) is 0. The molecule has 0 radical (unpaired) electrons. The number of hydrogen-bond acceptors (Lipinski definition) is 4. The Bertz CT molecular complexity index is 919. The van der Waals surface area contributed by atoms with Gasteiger partial charge in [0.05, 0.1) is 17.4 Å². The second kappa shape index (κ2) is 6.43. The number of aromatic carboxylic acids is 1. The topological polar surface area (TPSA) is 65.5 Å². The molecule has 2 heterocycles. The van der Waals surface area contributed by atoms with E-state index in [1.54, 1.807) is 12.1 Å². The standard InChI is InChI=1S/C20H19N3O2/c24-20(25)14-8-9-16-17(12-14)19(23-10-4-5-11-23)21-13-18(16)22-15-6-2-1-3-7-15/h1-3,6-9,12-13,22H,4-5,10-11H2,(H,24,25). The molecule has 1 aromatic heterocycles. The van der Waals surface area contributed by atoms with Gasteiger partial charge in [0.25, 0.3) is 0 Å². The highest BCUT2D eigenvalue weighted by Crippen LogP contribution is 2.34. The Kier molecular flexibility index (Phi) is 3.98. The van der Waals surface area contributed by atoms with Gasteiger partial charge in [-0.2, -0.15) is 0 Å². The van der Waals surface area contributed by atoms with Gasteiger partial charge in [0, 0.05) is 29.5 Å². The monoisotopic (exact) mass is 333 g/mol. The van der Waals surface area contributed by atoms with Crippen LogP contribution in [-0.4, -0.2) is 29.1 Å². The first-order valence-corrected chi connectivity index (χ1v) is 8.45. The van der Waals surface area contributed by atoms with Gasteiger partial charge in [-0.05, 0) is 37.1 Å². The van der Waals surface area contributed by atoms with Gasteiger partial charge < -0.3 is 15.3 Å². The maximum atomic E-state index is 11.4. The van der Waals surface area contributed by atoms with Crippen LogP contribution in [0.3, 0.4) is 0 Å². The third kappa shape index (κ3) is 3.01. The fourth-order valence-electron chi connectivity index (χ4n) is 3.32. The number of pyridine rings is 1. The first kappa shape index (κ1) is 15.4. The van der Waals surface area contributed by atoms with Crippen LogP contribution in [0.1, 0.15) is 23.2 Å². The number of aromatic nitrogens is 1. The van der Waals surface area contributed by atoms with Crippen LogP contribution in [-0.2, 0) is 0 Å². The molecule has 25 heavy (non-hydrogen) atoms. The largest absolute Gasteiger partial charge is 0.478 e. The number of nitrogens with one attached hydrogen (secondary N) is 1. The van der Waals surface area contributed by atoms with Crippen LogP contribution >= 0.6 is 0 Å². The van der Waals surface area contributed by atoms with Crippen LogP contribution in [0.5, 0.6) is 0 Å². The molecule has 2 N–H and O–H groups in total. The van der Waals surface area contributed by atoms with Crippen molar-refractivity contribution in [3.8, 4) is 0 Å². The number of hydrogen-bond donors (Lipinski definition) is 2. The van der Waals surface area contributed by atoms with E-state index in [2.05, 4.69) is 15.2 Å². The molecular formula is C20H19N3O2. The van der Waals surface area contributed by atoms with E-state index in [0.717, 1.165) is 53.9 Å². The third-order valence-electron chi connectivity index (χ3n) is 4.57. The molecule has 1 fully saturated rings. The molecule has 5 heteroatoms. The number of carboxylic acids is 1. The number of para-hydroxylation sites is 1. The average Bonchev–Trinajstić information content (AvgIpc) is 3.17. The van der Waals surface area contributed by atoms with Gasteiger partial charge in [-0.1, -0.05) is 24.3 Å². The van der Waals surface area contributed by atoms with Crippen LogP contribution in [0.4, 0.5) is 17.2 Å². The molecule has 0 unspecified atom stereocenters. The van der Waals surface area contributed by atoms with Crippen molar-refractivity contribution in [3.63, 3.8) is 0 Å². The number of carboxylic acid groups (broad SMARTS) is 1. The minimum absolute atomic E-state index is 0.284. The minimum atomic E-state index is -0.921. The number of benzene rings is 2. The van der Waals surface area contributed by atoms with Gasteiger partial charge in [0.2, 0.25) is 0 Å². The lowest BCUT2D eigenvalue weighted by Crippen LogP contribution is -2.19. The van der Waals surface area contributed by atoms with Crippen LogP contribution in [0.2, 0.25) is 0 Å². The van der Waals surface area contributed by atoms with Crippen molar-refractivity contribution in [2.24, 2.45) is 0 Å². The summed E-state index contributed by atoms with van der Waals surface area (Å²) in [6.07, 6.45) is 4.13. The van der Waals surface area contributed by atoms with Gasteiger partial charge in [-0.15, -0.1) is 0 Å². The van der Waals surface area contributed by atoms with E-state index in [9.17, 15) is 9.90 Å². The third-order valence-corrected chi connectivity index (χ3v) is 4.57. The zero-order chi connectivity index (χ0) is 17.2. The number of rotatable bonds is 4. The predicted molar refractivity (Wildman–Crippen MR) is 99.9 cm³/mol. The summed E-state index contributed by atoms with van der Waals surface area (Å²) >= 11 is 0. The van der Waals surface area contributed by atoms with Crippen LogP contribution in [0.25, 0.3) is 10.8 Å². The number of carbonyl (C=O) groups is 1. The SMILES string of the molecule is O=C(O)c1ccc2c(Nc3ccccc3)cnc(N3CCCC3)c2c1. The predicted octanol–water partition coefficient (Wildman–Crippen LogP) is 4.28. The molecular weight excluding hydrogens is 314 g/mol. The maximum absolute atomic E-state index is 11.4. The number of nitrogens with zero attached hydrogens (tertiary/aromatic N) is 2. The summed E-state index contributed by atoms with van der Waals surface area (Å²) in [6.45, 7) is 1.93. The molecule has 0 spiro atoms.